The van der Waals surface area contributed by atoms with Crippen molar-refractivity contribution in [3.8, 4) is 0 Å². The Hall–Kier alpha value is -1.39. The molecule has 4 heteroatoms. The van der Waals surface area contributed by atoms with Crippen molar-refractivity contribution in [2.45, 2.75) is 30.4 Å². The molecular formula is C13H15N3S. The average Bonchev–Trinajstić information content (AvgIpc) is 2.31. The Labute approximate surface area is 105 Å². The van der Waals surface area contributed by atoms with Crippen molar-refractivity contribution in [1.29, 1.82) is 0 Å². The first kappa shape index (κ1) is 12.1. The van der Waals surface area contributed by atoms with E-state index in [4.69, 9.17) is 5.73 Å². The van der Waals surface area contributed by atoms with E-state index in [1.807, 2.05) is 13.0 Å². The third kappa shape index (κ3) is 3.05. The van der Waals surface area contributed by atoms with Gasteiger partial charge in [0, 0.05) is 23.3 Å². The Morgan fingerprint density at radius 1 is 1.24 bits per heavy atom. The predicted molar refractivity (Wildman–Crippen MR) is 70.0 cm³/mol. The summed E-state index contributed by atoms with van der Waals surface area (Å²) in [6.07, 6.45) is 1.78. The highest BCUT2D eigenvalue weighted by Gasteiger charge is 2.05. The third-order valence-corrected chi connectivity index (χ3v) is 3.41. The molecule has 2 aromatic rings. The highest BCUT2D eigenvalue weighted by Crippen LogP contribution is 2.28. The number of nitrogens with two attached hydrogens (primary N) is 1. The number of hydrogen-bond acceptors (Lipinski definition) is 4. The standard InChI is InChI=1S/C13H15N3S/c1-9-3-4-12(11(7-9)8-14)17-13-15-6-5-10(2)16-13/h3-7H,8,14H2,1-2H3. The van der Waals surface area contributed by atoms with Gasteiger partial charge in [-0.15, -0.1) is 0 Å². The summed E-state index contributed by atoms with van der Waals surface area (Å²) in [7, 11) is 0. The summed E-state index contributed by atoms with van der Waals surface area (Å²) in [5, 5.41) is 0.767. The van der Waals surface area contributed by atoms with E-state index in [9.17, 15) is 0 Å². The van der Waals surface area contributed by atoms with Gasteiger partial charge in [-0.25, -0.2) is 9.97 Å². The van der Waals surface area contributed by atoms with Crippen LogP contribution in [0.25, 0.3) is 0 Å². The maximum atomic E-state index is 5.75. The van der Waals surface area contributed by atoms with E-state index in [0.29, 0.717) is 6.54 Å². The summed E-state index contributed by atoms with van der Waals surface area (Å²) in [5.41, 5.74) is 9.09. The zero-order chi connectivity index (χ0) is 12.3. The molecule has 17 heavy (non-hydrogen) atoms. The molecule has 0 unspecified atom stereocenters. The summed E-state index contributed by atoms with van der Waals surface area (Å²) in [4.78, 5) is 9.75. The largest absolute Gasteiger partial charge is 0.326 e. The fourth-order valence-corrected chi connectivity index (χ4v) is 2.45. The molecule has 88 valence electrons. The fourth-order valence-electron chi connectivity index (χ4n) is 1.54. The summed E-state index contributed by atoms with van der Waals surface area (Å²) in [5.74, 6) is 0. The molecule has 2 rings (SSSR count). The van der Waals surface area contributed by atoms with E-state index in [1.54, 1.807) is 18.0 Å². The zero-order valence-corrected chi connectivity index (χ0v) is 10.8. The van der Waals surface area contributed by atoms with E-state index in [1.165, 1.54) is 5.56 Å². The van der Waals surface area contributed by atoms with Gasteiger partial charge in [-0.05, 0) is 43.3 Å². The first-order valence-corrected chi connectivity index (χ1v) is 6.28. The molecule has 1 aromatic carbocycles. The van der Waals surface area contributed by atoms with Crippen molar-refractivity contribution in [2.24, 2.45) is 5.73 Å². The molecule has 0 fully saturated rings. The zero-order valence-electron chi connectivity index (χ0n) is 9.97. The van der Waals surface area contributed by atoms with Gasteiger partial charge in [0.2, 0.25) is 0 Å². The van der Waals surface area contributed by atoms with Crippen LogP contribution >= 0.6 is 11.8 Å². The summed E-state index contributed by atoms with van der Waals surface area (Å²) in [6, 6.07) is 8.16. The van der Waals surface area contributed by atoms with Crippen LogP contribution in [0.3, 0.4) is 0 Å². The van der Waals surface area contributed by atoms with Crippen LogP contribution in [0.15, 0.2) is 40.5 Å². The number of hydrogen-bond donors (Lipinski definition) is 1. The van der Waals surface area contributed by atoms with Crippen molar-refractivity contribution in [3.05, 3.63) is 47.3 Å². The lowest BCUT2D eigenvalue weighted by Gasteiger charge is -2.07. The minimum Gasteiger partial charge on any atom is -0.326 e. The van der Waals surface area contributed by atoms with E-state index >= 15 is 0 Å². The molecule has 0 atom stereocenters. The molecule has 0 amide bonds. The van der Waals surface area contributed by atoms with Crippen LogP contribution in [-0.2, 0) is 6.54 Å². The van der Waals surface area contributed by atoms with Gasteiger partial charge in [-0.3, -0.25) is 0 Å². The molecule has 0 aliphatic rings. The first-order valence-electron chi connectivity index (χ1n) is 5.46. The molecule has 0 saturated heterocycles. The van der Waals surface area contributed by atoms with Gasteiger partial charge in [0.15, 0.2) is 5.16 Å². The molecule has 0 aliphatic heterocycles. The van der Waals surface area contributed by atoms with Crippen LogP contribution in [0, 0.1) is 13.8 Å². The molecule has 0 radical (unpaired) electrons. The Balaban J connectivity index is 2.29. The Bertz CT molecular complexity index is 526. The van der Waals surface area contributed by atoms with Crippen molar-refractivity contribution < 1.29 is 0 Å². The number of benzene rings is 1. The summed E-state index contributed by atoms with van der Waals surface area (Å²) < 4.78 is 0. The minimum absolute atomic E-state index is 0.538. The van der Waals surface area contributed by atoms with Crippen LogP contribution in [-0.4, -0.2) is 9.97 Å². The fraction of sp³-hybridized carbons (Fsp3) is 0.231. The summed E-state index contributed by atoms with van der Waals surface area (Å²) >= 11 is 1.56. The van der Waals surface area contributed by atoms with Gasteiger partial charge >= 0.3 is 0 Å². The molecule has 3 nitrogen and oxygen atoms in total. The van der Waals surface area contributed by atoms with E-state index in [-0.39, 0.29) is 0 Å². The Morgan fingerprint density at radius 2 is 2.06 bits per heavy atom. The number of rotatable bonds is 3. The highest BCUT2D eigenvalue weighted by atomic mass is 32.2. The van der Waals surface area contributed by atoms with Gasteiger partial charge in [0.25, 0.3) is 0 Å². The van der Waals surface area contributed by atoms with Gasteiger partial charge in [0.1, 0.15) is 0 Å². The second-order valence-electron chi connectivity index (χ2n) is 3.90. The van der Waals surface area contributed by atoms with Crippen LogP contribution in [0.2, 0.25) is 0 Å². The minimum atomic E-state index is 0.538. The molecule has 1 aromatic heterocycles. The van der Waals surface area contributed by atoms with Crippen molar-refractivity contribution >= 4 is 11.8 Å². The van der Waals surface area contributed by atoms with Crippen LogP contribution < -0.4 is 5.73 Å². The molecule has 0 aliphatic carbocycles. The molecule has 0 saturated carbocycles. The molecule has 1 heterocycles. The highest BCUT2D eigenvalue weighted by molar-refractivity contribution is 7.99. The Kier molecular flexibility index (Phi) is 3.76. The monoisotopic (exact) mass is 245 g/mol. The lowest BCUT2D eigenvalue weighted by molar-refractivity contribution is 0.928. The smallest absolute Gasteiger partial charge is 0.192 e. The van der Waals surface area contributed by atoms with Crippen molar-refractivity contribution in [2.75, 3.05) is 0 Å². The second kappa shape index (κ2) is 5.29. The van der Waals surface area contributed by atoms with Gasteiger partial charge in [0.05, 0.1) is 0 Å². The molecule has 0 bridgehead atoms. The van der Waals surface area contributed by atoms with Crippen LogP contribution in [0.4, 0.5) is 0 Å². The number of nitrogens with zero attached hydrogens (tertiary/aromatic N) is 2. The quantitative estimate of drug-likeness (QED) is 0.845. The number of aryl methyl sites for hydroxylation is 2. The SMILES string of the molecule is Cc1ccc(Sc2nccc(C)n2)c(CN)c1. The lowest BCUT2D eigenvalue weighted by atomic mass is 10.1. The number of aromatic nitrogens is 2. The van der Waals surface area contributed by atoms with Crippen LogP contribution in [0.1, 0.15) is 16.8 Å². The topological polar surface area (TPSA) is 51.8 Å². The van der Waals surface area contributed by atoms with Gasteiger partial charge < -0.3 is 5.73 Å². The van der Waals surface area contributed by atoms with Crippen molar-refractivity contribution in [1.82, 2.24) is 9.97 Å². The van der Waals surface area contributed by atoms with Gasteiger partial charge in [-0.1, -0.05) is 17.7 Å². The van der Waals surface area contributed by atoms with Gasteiger partial charge in [-0.2, -0.15) is 0 Å². The Morgan fingerprint density at radius 3 is 2.76 bits per heavy atom. The normalized spacial score (nSPS) is 10.5. The maximum absolute atomic E-state index is 5.75. The molecule has 2 N–H and O–H groups in total. The summed E-state index contributed by atoms with van der Waals surface area (Å²) in [6.45, 7) is 4.57. The second-order valence-corrected chi connectivity index (χ2v) is 4.91. The average molecular weight is 245 g/mol. The molecule has 0 spiro atoms. The van der Waals surface area contributed by atoms with E-state index < -0.39 is 0 Å². The lowest BCUT2D eigenvalue weighted by Crippen LogP contribution is -1.99. The van der Waals surface area contributed by atoms with E-state index in [0.717, 1.165) is 21.3 Å². The predicted octanol–water partition coefficient (Wildman–Crippen LogP) is 2.70. The third-order valence-electron chi connectivity index (χ3n) is 2.41. The van der Waals surface area contributed by atoms with Crippen LogP contribution in [0.5, 0.6) is 0 Å². The van der Waals surface area contributed by atoms with E-state index in [2.05, 4.69) is 35.1 Å². The van der Waals surface area contributed by atoms with Crippen molar-refractivity contribution in [3.63, 3.8) is 0 Å². The molecular weight excluding hydrogens is 230 g/mol. The first-order chi connectivity index (χ1) is 8.19. The maximum Gasteiger partial charge on any atom is 0.192 e.